The van der Waals surface area contributed by atoms with E-state index in [2.05, 4.69) is 10.6 Å². The molecule has 0 aliphatic carbocycles. The van der Waals surface area contributed by atoms with Crippen molar-refractivity contribution in [3.05, 3.63) is 0 Å². The summed E-state index contributed by atoms with van der Waals surface area (Å²) in [7, 11) is 0. The van der Waals surface area contributed by atoms with Gasteiger partial charge in [-0.25, -0.2) is 4.79 Å². The molecule has 4 N–H and O–H groups in total. The Hall–Kier alpha value is -0.810. The highest BCUT2D eigenvalue weighted by Gasteiger charge is 2.07. The maximum atomic E-state index is 10.9. The predicted octanol–water partition coefficient (Wildman–Crippen LogP) is -0.953. The summed E-state index contributed by atoms with van der Waals surface area (Å²) < 4.78 is 0. The molecular weight excluding hydrogens is 160 g/mol. The standard InChI is InChI=1S/C7H16N2O3/c1-5(3-10)8-7(12)9-6(2)4-11/h5-6,10-11H,3-4H2,1-2H3,(H2,8,9,12)/t5-,6-/m1/s1. The number of aliphatic hydroxyl groups is 2. The highest BCUT2D eigenvalue weighted by atomic mass is 16.3. The summed E-state index contributed by atoms with van der Waals surface area (Å²) in [4.78, 5) is 10.9. The van der Waals surface area contributed by atoms with Crippen LogP contribution in [0.15, 0.2) is 0 Å². The van der Waals surface area contributed by atoms with Gasteiger partial charge in [-0.1, -0.05) is 0 Å². The number of carbonyl (C=O) groups excluding carboxylic acids is 1. The lowest BCUT2D eigenvalue weighted by Gasteiger charge is -2.14. The third-order valence-corrected chi connectivity index (χ3v) is 1.30. The largest absolute Gasteiger partial charge is 0.394 e. The van der Waals surface area contributed by atoms with Crippen molar-refractivity contribution in [2.45, 2.75) is 25.9 Å². The minimum Gasteiger partial charge on any atom is -0.394 e. The molecular formula is C7H16N2O3. The number of hydrogen-bond acceptors (Lipinski definition) is 3. The van der Waals surface area contributed by atoms with Gasteiger partial charge < -0.3 is 20.8 Å². The molecule has 0 aromatic rings. The highest BCUT2D eigenvalue weighted by molar-refractivity contribution is 5.74. The van der Waals surface area contributed by atoms with E-state index in [1.54, 1.807) is 13.8 Å². The summed E-state index contributed by atoms with van der Waals surface area (Å²) in [5.41, 5.74) is 0. The number of hydrogen-bond donors (Lipinski definition) is 4. The zero-order valence-corrected chi connectivity index (χ0v) is 7.37. The molecule has 0 aliphatic rings. The zero-order valence-electron chi connectivity index (χ0n) is 7.37. The highest BCUT2D eigenvalue weighted by Crippen LogP contribution is 1.81. The molecule has 0 aliphatic heterocycles. The molecule has 0 bridgehead atoms. The molecule has 72 valence electrons. The van der Waals surface area contributed by atoms with Gasteiger partial charge in [0, 0.05) is 0 Å². The Balaban J connectivity index is 3.59. The van der Waals surface area contributed by atoms with Crippen LogP contribution < -0.4 is 10.6 Å². The molecule has 2 amide bonds. The summed E-state index contributed by atoms with van der Waals surface area (Å²) in [5, 5.41) is 22.1. The number of nitrogens with one attached hydrogen (secondary N) is 2. The Morgan fingerprint density at radius 3 is 1.75 bits per heavy atom. The van der Waals surface area contributed by atoms with Crippen LogP contribution in [0.3, 0.4) is 0 Å². The number of aliphatic hydroxyl groups excluding tert-OH is 2. The molecule has 2 atom stereocenters. The predicted molar refractivity (Wildman–Crippen MR) is 44.8 cm³/mol. The van der Waals surface area contributed by atoms with Gasteiger partial charge in [0.25, 0.3) is 0 Å². The minimum atomic E-state index is -0.377. The van der Waals surface area contributed by atoms with Crippen molar-refractivity contribution in [1.29, 1.82) is 0 Å². The van der Waals surface area contributed by atoms with Gasteiger partial charge >= 0.3 is 6.03 Å². The summed E-state index contributed by atoms with van der Waals surface area (Å²) in [5.74, 6) is 0. The maximum absolute atomic E-state index is 10.9. The van der Waals surface area contributed by atoms with E-state index in [1.165, 1.54) is 0 Å². The number of rotatable bonds is 4. The second-order valence-electron chi connectivity index (χ2n) is 2.79. The van der Waals surface area contributed by atoms with E-state index in [0.717, 1.165) is 0 Å². The van der Waals surface area contributed by atoms with Crippen molar-refractivity contribution in [3.63, 3.8) is 0 Å². The first-order valence-electron chi connectivity index (χ1n) is 3.89. The molecule has 0 aromatic carbocycles. The van der Waals surface area contributed by atoms with Crippen LogP contribution in [0.4, 0.5) is 4.79 Å². The van der Waals surface area contributed by atoms with Crippen molar-refractivity contribution in [1.82, 2.24) is 10.6 Å². The molecule has 12 heavy (non-hydrogen) atoms. The number of amides is 2. The Bertz CT molecular complexity index is 127. The Morgan fingerprint density at radius 1 is 1.17 bits per heavy atom. The number of carbonyl (C=O) groups is 1. The maximum Gasteiger partial charge on any atom is 0.315 e. The van der Waals surface area contributed by atoms with Crippen LogP contribution in [-0.2, 0) is 0 Å². The van der Waals surface area contributed by atoms with Crippen LogP contribution in [0.5, 0.6) is 0 Å². The molecule has 5 heteroatoms. The van der Waals surface area contributed by atoms with E-state index in [1.807, 2.05) is 0 Å². The van der Waals surface area contributed by atoms with Gasteiger partial charge in [0.1, 0.15) is 0 Å². The van der Waals surface area contributed by atoms with E-state index in [9.17, 15) is 4.79 Å². The van der Waals surface area contributed by atoms with Crippen LogP contribution in [0.25, 0.3) is 0 Å². The molecule has 0 heterocycles. The Morgan fingerprint density at radius 2 is 1.50 bits per heavy atom. The molecule has 0 radical (unpaired) electrons. The summed E-state index contributed by atoms with van der Waals surface area (Å²) in [6.07, 6.45) is 0. The first-order chi connectivity index (χ1) is 5.60. The fourth-order valence-electron chi connectivity index (χ4n) is 0.581. The van der Waals surface area contributed by atoms with Crippen molar-refractivity contribution >= 4 is 6.03 Å². The Labute approximate surface area is 71.8 Å². The minimum absolute atomic E-state index is 0.0963. The lowest BCUT2D eigenvalue weighted by atomic mass is 10.3. The quantitative estimate of drug-likeness (QED) is 0.445. The third-order valence-electron chi connectivity index (χ3n) is 1.30. The van der Waals surface area contributed by atoms with Gasteiger partial charge in [-0.15, -0.1) is 0 Å². The summed E-state index contributed by atoms with van der Waals surface area (Å²) >= 11 is 0. The Kier molecular flexibility index (Phi) is 5.40. The average Bonchev–Trinajstić information content (AvgIpc) is 2.03. The third kappa shape index (κ3) is 4.92. The van der Waals surface area contributed by atoms with Crippen LogP contribution in [0.2, 0.25) is 0 Å². The monoisotopic (exact) mass is 176 g/mol. The van der Waals surface area contributed by atoms with Gasteiger partial charge in [0.05, 0.1) is 25.3 Å². The lowest BCUT2D eigenvalue weighted by Crippen LogP contribution is -2.46. The SMILES string of the molecule is C[C@H](CO)NC(=O)N[C@H](C)CO. The molecule has 0 unspecified atom stereocenters. The second kappa shape index (κ2) is 5.79. The topological polar surface area (TPSA) is 81.6 Å². The van der Waals surface area contributed by atoms with Crippen molar-refractivity contribution < 1.29 is 15.0 Å². The van der Waals surface area contributed by atoms with Crippen molar-refractivity contribution in [3.8, 4) is 0 Å². The normalized spacial score (nSPS) is 15.0. The lowest BCUT2D eigenvalue weighted by molar-refractivity contribution is 0.207. The molecule has 0 saturated heterocycles. The fraction of sp³-hybridized carbons (Fsp3) is 0.857. The first kappa shape index (κ1) is 11.2. The van der Waals surface area contributed by atoms with Gasteiger partial charge in [-0.05, 0) is 13.8 Å². The van der Waals surface area contributed by atoms with E-state index < -0.39 is 0 Å². The van der Waals surface area contributed by atoms with Crippen LogP contribution in [0.1, 0.15) is 13.8 Å². The van der Waals surface area contributed by atoms with E-state index in [0.29, 0.717) is 0 Å². The first-order valence-corrected chi connectivity index (χ1v) is 3.89. The molecule has 0 fully saturated rings. The van der Waals surface area contributed by atoms with Gasteiger partial charge in [0.15, 0.2) is 0 Å². The van der Waals surface area contributed by atoms with E-state index in [-0.39, 0.29) is 31.3 Å². The van der Waals surface area contributed by atoms with Crippen molar-refractivity contribution in [2.75, 3.05) is 13.2 Å². The molecule has 0 saturated carbocycles. The molecule has 0 spiro atoms. The molecule has 0 aromatic heterocycles. The van der Waals surface area contributed by atoms with Gasteiger partial charge in [-0.2, -0.15) is 0 Å². The second-order valence-corrected chi connectivity index (χ2v) is 2.79. The molecule has 0 rings (SSSR count). The summed E-state index contributed by atoms with van der Waals surface area (Å²) in [6, 6.07) is -0.912. The van der Waals surface area contributed by atoms with E-state index in [4.69, 9.17) is 10.2 Å². The van der Waals surface area contributed by atoms with Crippen LogP contribution >= 0.6 is 0 Å². The van der Waals surface area contributed by atoms with Crippen LogP contribution in [-0.4, -0.2) is 41.5 Å². The average molecular weight is 176 g/mol. The van der Waals surface area contributed by atoms with Crippen molar-refractivity contribution in [2.24, 2.45) is 0 Å². The van der Waals surface area contributed by atoms with Gasteiger partial charge in [0.2, 0.25) is 0 Å². The number of urea groups is 1. The van der Waals surface area contributed by atoms with Gasteiger partial charge in [-0.3, -0.25) is 0 Å². The zero-order chi connectivity index (χ0) is 9.56. The van der Waals surface area contributed by atoms with Crippen LogP contribution in [0, 0.1) is 0 Å². The summed E-state index contributed by atoms with van der Waals surface area (Å²) in [6.45, 7) is 3.17. The fourth-order valence-corrected chi connectivity index (χ4v) is 0.581. The van der Waals surface area contributed by atoms with E-state index >= 15 is 0 Å². The molecule has 5 nitrogen and oxygen atoms in total. The smallest absolute Gasteiger partial charge is 0.315 e.